The molecular weight excluding hydrogens is 302 g/mol. The van der Waals surface area contributed by atoms with Gasteiger partial charge in [-0.25, -0.2) is 0 Å². The van der Waals surface area contributed by atoms with E-state index in [1.165, 1.54) is 25.7 Å². The standard InChI is InChI=1S/C17H27N7/c1-12(2)15-19-16(21-17(20-15)23(3)4)18-11-13-9-10-24(22-13)14-7-5-6-8-14/h9-10,12,14H,5-8,11H2,1-4H3,(H,18,19,20,21). The first-order chi connectivity index (χ1) is 11.5. The number of hydrogen-bond acceptors (Lipinski definition) is 6. The van der Waals surface area contributed by atoms with Crippen molar-refractivity contribution in [2.45, 2.75) is 58.0 Å². The van der Waals surface area contributed by atoms with Gasteiger partial charge in [-0.3, -0.25) is 4.68 Å². The summed E-state index contributed by atoms with van der Waals surface area (Å²) in [5, 5.41) is 7.99. The van der Waals surface area contributed by atoms with Gasteiger partial charge in [0, 0.05) is 26.2 Å². The molecule has 7 heteroatoms. The summed E-state index contributed by atoms with van der Waals surface area (Å²) in [7, 11) is 3.87. The summed E-state index contributed by atoms with van der Waals surface area (Å²) < 4.78 is 2.11. The van der Waals surface area contributed by atoms with E-state index in [1.54, 1.807) is 0 Å². The molecule has 1 saturated carbocycles. The van der Waals surface area contributed by atoms with Gasteiger partial charge in [-0.05, 0) is 18.9 Å². The van der Waals surface area contributed by atoms with Crippen molar-refractivity contribution in [1.29, 1.82) is 0 Å². The lowest BCUT2D eigenvalue weighted by atomic mass is 10.2. The second-order valence-electron chi connectivity index (χ2n) is 6.95. The maximum absolute atomic E-state index is 4.69. The molecule has 2 heterocycles. The Balaban J connectivity index is 1.69. The van der Waals surface area contributed by atoms with Crippen LogP contribution in [0.4, 0.5) is 11.9 Å². The molecule has 24 heavy (non-hydrogen) atoms. The summed E-state index contributed by atoms with van der Waals surface area (Å²) >= 11 is 0. The Bertz CT molecular complexity index is 645. The molecule has 7 nitrogen and oxygen atoms in total. The molecule has 0 bridgehead atoms. The fourth-order valence-corrected chi connectivity index (χ4v) is 2.93. The number of aromatic nitrogens is 5. The normalized spacial score (nSPS) is 15.2. The molecule has 2 aromatic rings. The van der Waals surface area contributed by atoms with Gasteiger partial charge in [0.1, 0.15) is 5.82 Å². The van der Waals surface area contributed by atoms with E-state index in [9.17, 15) is 0 Å². The van der Waals surface area contributed by atoms with E-state index in [0.29, 0.717) is 24.5 Å². The van der Waals surface area contributed by atoms with Crippen molar-refractivity contribution in [1.82, 2.24) is 24.7 Å². The van der Waals surface area contributed by atoms with Gasteiger partial charge in [0.2, 0.25) is 11.9 Å². The van der Waals surface area contributed by atoms with Crippen molar-refractivity contribution in [3.8, 4) is 0 Å². The predicted octanol–water partition coefficient (Wildman–Crippen LogP) is 2.98. The average molecular weight is 329 g/mol. The van der Waals surface area contributed by atoms with Crippen molar-refractivity contribution in [2.75, 3.05) is 24.3 Å². The number of anilines is 2. The Morgan fingerprint density at radius 3 is 2.62 bits per heavy atom. The molecule has 0 radical (unpaired) electrons. The molecule has 0 aliphatic heterocycles. The van der Waals surface area contributed by atoms with Crippen LogP contribution in [-0.4, -0.2) is 38.8 Å². The Morgan fingerprint density at radius 1 is 1.21 bits per heavy atom. The van der Waals surface area contributed by atoms with E-state index >= 15 is 0 Å². The van der Waals surface area contributed by atoms with E-state index in [4.69, 9.17) is 5.10 Å². The first-order valence-corrected chi connectivity index (χ1v) is 8.74. The van der Waals surface area contributed by atoms with E-state index in [-0.39, 0.29) is 5.92 Å². The minimum Gasteiger partial charge on any atom is -0.348 e. The third-order valence-electron chi connectivity index (χ3n) is 4.35. The molecule has 0 amide bonds. The van der Waals surface area contributed by atoms with Gasteiger partial charge >= 0.3 is 0 Å². The van der Waals surface area contributed by atoms with E-state index < -0.39 is 0 Å². The van der Waals surface area contributed by atoms with Crippen molar-refractivity contribution >= 4 is 11.9 Å². The molecule has 3 rings (SSSR count). The Kier molecular flexibility index (Phi) is 4.97. The first kappa shape index (κ1) is 16.7. The lowest BCUT2D eigenvalue weighted by Gasteiger charge is -2.14. The number of rotatable bonds is 6. The van der Waals surface area contributed by atoms with E-state index in [1.807, 2.05) is 19.0 Å². The first-order valence-electron chi connectivity index (χ1n) is 8.74. The third kappa shape index (κ3) is 3.83. The van der Waals surface area contributed by atoms with Gasteiger partial charge in [0.25, 0.3) is 0 Å². The van der Waals surface area contributed by atoms with Crippen molar-refractivity contribution in [3.63, 3.8) is 0 Å². The van der Waals surface area contributed by atoms with Crippen LogP contribution in [0.5, 0.6) is 0 Å². The molecule has 0 spiro atoms. The molecule has 1 aliphatic rings. The second-order valence-corrected chi connectivity index (χ2v) is 6.95. The predicted molar refractivity (Wildman–Crippen MR) is 95.3 cm³/mol. The highest BCUT2D eigenvalue weighted by Gasteiger charge is 2.17. The fraction of sp³-hybridized carbons (Fsp3) is 0.647. The zero-order valence-electron chi connectivity index (χ0n) is 15.0. The van der Waals surface area contributed by atoms with E-state index in [2.05, 4.69) is 51.1 Å². The Hall–Kier alpha value is -2.18. The van der Waals surface area contributed by atoms with Crippen LogP contribution in [0.25, 0.3) is 0 Å². The van der Waals surface area contributed by atoms with E-state index in [0.717, 1.165) is 11.5 Å². The molecule has 0 saturated heterocycles. The topological polar surface area (TPSA) is 71.8 Å². The molecular formula is C17H27N7. The second kappa shape index (κ2) is 7.15. The molecule has 2 aromatic heterocycles. The summed E-state index contributed by atoms with van der Waals surface area (Å²) in [6.45, 7) is 4.79. The number of hydrogen-bond donors (Lipinski definition) is 1. The largest absolute Gasteiger partial charge is 0.348 e. The summed E-state index contributed by atoms with van der Waals surface area (Å²) in [6.07, 6.45) is 7.20. The maximum atomic E-state index is 4.69. The zero-order valence-corrected chi connectivity index (χ0v) is 15.0. The highest BCUT2D eigenvalue weighted by Crippen LogP contribution is 2.28. The molecule has 0 aromatic carbocycles. The molecule has 1 fully saturated rings. The molecule has 130 valence electrons. The maximum Gasteiger partial charge on any atom is 0.229 e. The zero-order chi connectivity index (χ0) is 17.1. The Labute approximate surface area is 143 Å². The van der Waals surface area contributed by atoms with Crippen LogP contribution in [0.1, 0.15) is 63.0 Å². The van der Waals surface area contributed by atoms with Crippen LogP contribution < -0.4 is 10.2 Å². The summed E-state index contributed by atoms with van der Waals surface area (Å²) in [4.78, 5) is 15.4. The minimum absolute atomic E-state index is 0.258. The van der Waals surface area contributed by atoms with Gasteiger partial charge in [-0.2, -0.15) is 20.1 Å². The highest BCUT2D eigenvalue weighted by molar-refractivity contribution is 5.36. The number of nitrogens with zero attached hydrogens (tertiary/aromatic N) is 6. The van der Waals surface area contributed by atoms with Crippen LogP contribution in [0.3, 0.4) is 0 Å². The van der Waals surface area contributed by atoms with Gasteiger partial charge < -0.3 is 10.2 Å². The highest BCUT2D eigenvalue weighted by atomic mass is 15.3. The van der Waals surface area contributed by atoms with Crippen LogP contribution >= 0.6 is 0 Å². The average Bonchev–Trinajstić information content (AvgIpc) is 3.23. The fourth-order valence-electron chi connectivity index (χ4n) is 2.93. The van der Waals surface area contributed by atoms with Crippen molar-refractivity contribution < 1.29 is 0 Å². The van der Waals surface area contributed by atoms with Crippen LogP contribution in [0, 0.1) is 0 Å². The van der Waals surface area contributed by atoms with Gasteiger partial charge in [0.05, 0.1) is 18.3 Å². The monoisotopic (exact) mass is 329 g/mol. The number of nitrogens with one attached hydrogen (secondary N) is 1. The molecule has 1 N–H and O–H groups in total. The lowest BCUT2D eigenvalue weighted by molar-refractivity contribution is 0.463. The SMILES string of the molecule is CC(C)c1nc(NCc2ccn(C3CCCC3)n2)nc(N(C)C)n1. The summed E-state index contributed by atoms with van der Waals surface area (Å²) in [5.41, 5.74) is 1.01. The summed E-state index contributed by atoms with van der Waals surface area (Å²) in [6, 6.07) is 2.65. The van der Waals surface area contributed by atoms with Crippen LogP contribution in [0.15, 0.2) is 12.3 Å². The third-order valence-corrected chi connectivity index (χ3v) is 4.35. The molecule has 0 unspecified atom stereocenters. The van der Waals surface area contributed by atoms with Gasteiger partial charge in [-0.1, -0.05) is 26.7 Å². The lowest BCUT2D eigenvalue weighted by Crippen LogP contribution is -2.17. The smallest absolute Gasteiger partial charge is 0.229 e. The van der Waals surface area contributed by atoms with Crippen molar-refractivity contribution in [2.24, 2.45) is 0 Å². The quantitative estimate of drug-likeness (QED) is 0.878. The Morgan fingerprint density at radius 2 is 1.96 bits per heavy atom. The molecule has 1 aliphatic carbocycles. The van der Waals surface area contributed by atoms with Gasteiger partial charge in [-0.15, -0.1) is 0 Å². The summed E-state index contributed by atoms with van der Waals surface area (Å²) in [5.74, 6) is 2.34. The van der Waals surface area contributed by atoms with Crippen LogP contribution in [0.2, 0.25) is 0 Å². The molecule has 0 atom stereocenters. The van der Waals surface area contributed by atoms with Crippen LogP contribution in [-0.2, 0) is 6.54 Å². The van der Waals surface area contributed by atoms with Gasteiger partial charge in [0.15, 0.2) is 0 Å². The van der Waals surface area contributed by atoms with Crippen molar-refractivity contribution in [3.05, 3.63) is 23.8 Å². The minimum atomic E-state index is 0.258.